The van der Waals surface area contributed by atoms with Gasteiger partial charge in [-0.1, -0.05) is 0 Å². The van der Waals surface area contributed by atoms with Crippen LogP contribution in [0.15, 0.2) is 12.1 Å². The molecule has 1 fully saturated rings. The molecule has 1 aromatic carbocycles. The van der Waals surface area contributed by atoms with Gasteiger partial charge in [-0.15, -0.1) is 0 Å². The molecule has 0 bridgehead atoms. The highest BCUT2D eigenvalue weighted by molar-refractivity contribution is 6.62. The van der Waals surface area contributed by atoms with E-state index in [4.69, 9.17) is 15.0 Å². The fourth-order valence-corrected chi connectivity index (χ4v) is 1.84. The van der Waals surface area contributed by atoms with Crippen molar-refractivity contribution >= 4 is 18.3 Å². The van der Waals surface area contributed by atoms with Gasteiger partial charge in [0.1, 0.15) is 5.82 Å². The van der Waals surface area contributed by atoms with Crippen LogP contribution >= 0.6 is 0 Å². The van der Waals surface area contributed by atoms with Crippen LogP contribution in [0.4, 0.5) is 10.1 Å². The number of benzene rings is 1. The van der Waals surface area contributed by atoms with Gasteiger partial charge in [-0.25, -0.2) is 4.39 Å². The van der Waals surface area contributed by atoms with E-state index < -0.39 is 18.3 Å². The molecule has 1 aliphatic heterocycles. The summed E-state index contributed by atoms with van der Waals surface area (Å²) in [6.07, 6.45) is 0. The zero-order valence-electron chi connectivity index (χ0n) is 11.5. The Morgan fingerprint density at radius 3 is 2.06 bits per heavy atom. The molecule has 1 aromatic rings. The van der Waals surface area contributed by atoms with Gasteiger partial charge in [-0.3, -0.25) is 0 Å². The molecule has 0 amide bonds. The average molecular weight is 251 g/mol. The lowest BCUT2D eigenvalue weighted by molar-refractivity contribution is 0.00578. The highest BCUT2D eigenvalue weighted by Crippen LogP contribution is 2.36. The largest absolute Gasteiger partial charge is 0.495 e. The second kappa shape index (κ2) is 3.97. The molecule has 1 saturated heterocycles. The Bertz CT molecular complexity index is 449. The summed E-state index contributed by atoms with van der Waals surface area (Å²) in [5.74, 6) is -0.334. The molecule has 0 unspecified atom stereocenters. The smallest absolute Gasteiger partial charge is 0.399 e. The van der Waals surface area contributed by atoms with E-state index in [2.05, 4.69) is 0 Å². The summed E-state index contributed by atoms with van der Waals surface area (Å²) in [5, 5.41) is 0. The minimum Gasteiger partial charge on any atom is -0.399 e. The van der Waals surface area contributed by atoms with Crippen LogP contribution in [0.5, 0.6) is 0 Å². The molecule has 2 N–H and O–H groups in total. The Kier molecular flexibility index (Phi) is 2.95. The normalized spacial score (nSPS) is 21.3. The van der Waals surface area contributed by atoms with Gasteiger partial charge in [0.2, 0.25) is 0 Å². The van der Waals surface area contributed by atoms with Crippen molar-refractivity contribution in [2.24, 2.45) is 0 Å². The van der Waals surface area contributed by atoms with Crippen LogP contribution in [0.1, 0.15) is 33.3 Å². The standard InChI is InChI=1S/C13H19BFNO2/c1-8-10(15)6-9(7-11(8)16)14-17-12(2,3)13(4,5)18-14/h6-7H,16H2,1-5H3. The number of hydrogen-bond acceptors (Lipinski definition) is 3. The fraction of sp³-hybridized carbons (Fsp3) is 0.538. The van der Waals surface area contributed by atoms with Crippen molar-refractivity contribution in [3.05, 3.63) is 23.5 Å². The van der Waals surface area contributed by atoms with Gasteiger partial charge in [0.05, 0.1) is 11.2 Å². The van der Waals surface area contributed by atoms with E-state index >= 15 is 0 Å². The predicted molar refractivity (Wildman–Crippen MR) is 71.3 cm³/mol. The molecule has 2 rings (SSSR count). The molecular formula is C13H19BFNO2. The molecule has 5 heteroatoms. The highest BCUT2D eigenvalue weighted by Gasteiger charge is 2.51. The summed E-state index contributed by atoms with van der Waals surface area (Å²) >= 11 is 0. The topological polar surface area (TPSA) is 44.5 Å². The monoisotopic (exact) mass is 251 g/mol. The minimum atomic E-state index is -0.576. The SMILES string of the molecule is Cc1c(N)cc(B2OC(C)(C)C(C)(C)O2)cc1F. The van der Waals surface area contributed by atoms with Crippen LogP contribution in [0.3, 0.4) is 0 Å². The molecule has 18 heavy (non-hydrogen) atoms. The summed E-state index contributed by atoms with van der Waals surface area (Å²) in [6, 6.07) is 3.13. The van der Waals surface area contributed by atoms with Crippen molar-refractivity contribution in [3.63, 3.8) is 0 Å². The van der Waals surface area contributed by atoms with Gasteiger partial charge in [0, 0.05) is 11.3 Å². The van der Waals surface area contributed by atoms with Crippen LogP contribution in [0, 0.1) is 12.7 Å². The molecule has 0 spiro atoms. The average Bonchev–Trinajstić information content (AvgIpc) is 2.44. The molecule has 98 valence electrons. The van der Waals surface area contributed by atoms with E-state index in [0.717, 1.165) is 0 Å². The van der Waals surface area contributed by atoms with Crippen LogP contribution < -0.4 is 11.2 Å². The van der Waals surface area contributed by atoms with Crippen LogP contribution in [-0.4, -0.2) is 18.3 Å². The Labute approximate surface area is 108 Å². The summed E-state index contributed by atoms with van der Waals surface area (Å²) in [7, 11) is -0.576. The van der Waals surface area contributed by atoms with Gasteiger partial charge in [0.15, 0.2) is 0 Å². The number of halogens is 1. The van der Waals surface area contributed by atoms with Gasteiger partial charge >= 0.3 is 7.12 Å². The quantitative estimate of drug-likeness (QED) is 0.613. The number of nitrogen functional groups attached to an aromatic ring is 1. The first-order valence-electron chi connectivity index (χ1n) is 6.05. The van der Waals surface area contributed by atoms with Gasteiger partial charge in [-0.2, -0.15) is 0 Å². The summed E-state index contributed by atoms with van der Waals surface area (Å²) in [5.41, 5.74) is 6.39. The molecule has 3 nitrogen and oxygen atoms in total. The highest BCUT2D eigenvalue weighted by atomic mass is 19.1. The maximum atomic E-state index is 13.7. The minimum absolute atomic E-state index is 0.334. The molecule has 0 saturated carbocycles. The fourth-order valence-electron chi connectivity index (χ4n) is 1.84. The predicted octanol–water partition coefficient (Wildman–Crippen LogP) is 2.02. The lowest BCUT2D eigenvalue weighted by Gasteiger charge is -2.32. The number of rotatable bonds is 1. The lowest BCUT2D eigenvalue weighted by atomic mass is 9.78. The molecule has 0 atom stereocenters. The Balaban J connectivity index is 2.36. The summed E-state index contributed by atoms with van der Waals surface area (Å²) in [4.78, 5) is 0. The second-order valence-corrected chi connectivity index (χ2v) is 5.81. The van der Waals surface area contributed by atoms with Crippen molar-refractivity contribution in [3.8, 4) is 0 Å². The van der Waals surface area contributed by atoms with E-state index in [1.54, 1.807) is 13.0 Å². The van der Waals surface area contributed by atoms with E-state index in [-0.39, 0.29) is 5.82 Å². The third kappa shape index (κ3) is 2.02. The number of anilines is 1. The first kappa shape index (κ1) is 13.4. The van der Waals surface area contributed by atoms with E-state index in [1.807, 2.05) is 27.7 Å². The zero-order valence-corrected chi connectivity index (χ0v) is 11.5. The summed E-state index contributed by atoms with van der Waals surface area (Å²) < 4.78 is 25.4. The van der Waals surface area contributed by atoms with Gasteiger partial charge in [-0.05, 0) is 52.2 Å². The first-order chi connectivity index (χ1) is 8.14. The molecule has 0 aromatic heterocycles. The lowest BCUT2D eigenvalue weighted by Crippen LogP contribution is -2.41. The van der Waals surface area contributed by atoms with Gasteiger partial charge in [0.25, 0.3) is 0 Å². The van der Waals surface area contributed by atoms with Crippen LogP contribution in [-0.2, 0) is 9.31 Å². The maximum Gasteiger partial charge on any atom is 0.495 e. The van der Waals surface area contributed by atoms with Crippen molar-refractivity contribution in [1.82, 2.24) is 0 Å². The third-order valence-electron chi connectivity index (χ3n) is 3.93. The van der Waals surface area contributed by atoms with Crippen molar-refractivity contribution in [2.45, 2.75) is 45.8 Å². The van der Waals surface area contributed by atoms with Crippen LogP contribution in [0.2, 0.25) is 0 Å². The number of hydrogen-bond donors (Lipinski definition) is 1. The molecule has 0 radical (unpaired) electrons. The Morgan fingerprint density at radius 1 is 1.11 bits per heavy atom. The molecule has 1 heterocycles. The molecular weight excluding hydrogens is 232 g/mol. The maximum absolute atomic E-state index is 13.7. The van der Waals surface area contributed by atoms with E-state index in [1.165, 1.54) is 6.07 Å². The zero-order chi connectivity index (χ0) is 13.7. The van der Waals surface area contributed by atoms with E-state index in [9.17, 15) is 4.39 Å². The summed E-state index contributed by atoms with van der Waals surface area (Å²) in [6.45, 7) is 9.49. The Hall–Kier alpha value is -1.07. The molecule has 0 aliphatic carbocycles. The van der Waals surface area contributed by atoms with Crippen LogP contribution in [0.25, 0.3) is 0 Å². The first-order valence-corrected chi connectivity index (χ1v) is 6.05. The van der Waals surface area contributed by atoms with E-state index in [0.29, 0.717) is 16.7 Å². The third-order valence-corrected chi connectivity index (χ3v) is 3.93. The molecule has 1 aliphatic rings. The Morgan fingerprint density at radius 2 is 1.61 bits per heavy atom. The second-order valence-electron chi connectivity index (χ2n) is 5.81. The van der Waals surface area contributed by atoms with Crippen molar-refractivity contribution in [1.29, 1.82) is 0 Å². The number of nitrogens with two attached hydrogens (primary N) is 1. The van der Waals surface area contributed by atoms with Crippen molar-refractivity contribution < 1.29 is 13.7 Å². The van der Waals surface area contributed by atoms with Crippen molar-refractivity contribution in [2.75, 3.05) is 5.73 Å². The van der Waals surface area contributed by atoms with Gasteiger partial charge < -0.3 is 15.0 Å².